The molecule has 0 amide bonds. The van der Waals surface area contributed by atoms with E-state index in [2.05, 4.69) is 22.3 Å². The van der Waals surface area contributed by atoms with Crippen LogP contribution in [-0.4, -0.2) is 32.0 Å². The second kappa shape index (κ2) is 5.32. The van der Waals surface area contributed by atoms with Crippen molar-refractivity contribution < 1.29 is 4.79 Å². The summed E-state index contributed by atoms with van der Waals surface area (Å²) in [6, 6.07) is 8.60. The van der Waals surface area contributed by atoms with Gasteiger partial charge in [0.25, 0.3) is 0 Å². The molecule has 17 heavy (non-hydrogen) atoms. The lowest BCUT2D eigenvalue weighted by Crippen LogP contribution is -2.41. The van der Waals surface area contributed by atoms with Crippen LogP contribution in [0.15, 0.2) is 24.3 Å². The molecule has 1 aliphatic heterocycles. The van der Waals surface area contributed by atoms with Gasteiger partial charge in [0.15, 0.2) is 5.78 Å². The minimum absolute atomic E-state index is 0.130. The molecule has 0 unspecified atom stereocenters. The second-order valence-electron chi connectivity index (χ2n) is 4.65. The van der Waals surface area contributed by atoms with E-state index in [-0.39, 0.29) is 5.78 Å². The molecule has 1 N–H and O–H groups in total. The highest BCUT2D eigenvalue weighted by molar-refractivity contribution is 5.94. The van der Waals surface area contributed by atoms with E-state index in [0.717, 1.165) is 18.7 Å². The number of carbonyl (C=O) groups excluding carboxylic acids is 1. The summed E-state index contributed by atoms with van der Waals surface area (Å²) in [5.41, 5.74) is 2.02. The van der Waals surface area contributed by atoms with E-state index in [9.17, 15) is 4.79 Å². The number of rotatable bonds is 3. The van der Waals surface area contributed by atoms with Crippen molar-refractivity contribution in [3.8, 4) is 0 Å². The fourth-order valence-electron chi connectivity index (χ4n) is 2.33. The molecule has 1 aliphatic rings. The van der Waals surface area contributed by atoms with Crippen LogP contribution in [0.1, 0.15) is 30.1 Å². The van der Waals surface area contributed by atoms with Gasteiger partial charge in [0.1, 0.15) is 0 Å². The molecule has 3 heteroatoms. The van der Waals surface area contributed by atoms with Crippen molar-refractivity contribution in [1.82, 2.24) is 5.32 Å². The van der Waals surface area contributed by atoms with Crippen molar-refractivity contribution in [3.05, 3.63) is 29.8 Å². The average molecular weight is 232 g/mol. The molecule has 0 saturated carbocycles. The first kappa shape index (κ1) is 12.1. The molecule has 2 rings (SSSR count). The lowest BCUT2D eigenvalue weighted by atomic mass is 10.0. The Balaban J connectivity index is 2.01. The van der Waals surface area contributed by atoms with Gasteiger partial charge in [-0.05, 0) is 51.1 Å². The maximum Gasteiger partial charge on any atom is 0.159 e. The van der Waals surface area contributed by atoms with Gasteiger partial charge in [-0.25, -0.2) is 0 Å². The molecule has 3 nitrogen and oxygen atoms in total. The maximum absolute atomic E-state index is 11.2. The standard InChI is InChI=1S/C14H20N2O/c1-11(17)12-3-5-14(6-4-12)16-9-7-13(15-2)8-10-16/h3-6,13,15H,7-10H2,1-2H3. The van der Waals surface area contributed by atoms with Gasteiger partial charge in [-0.1, -0.05) is 0 Å². The van der Waals surface area contributed by atoms with Crippen LogP contribution < -0.4 is 10.2 Å². The zero-order valence-electron chi connectivity index (χ0n) is 10.6. The van der Waals surface area contributed by atoms with Crippen LogP contribution >= 0.6 is 0 Å². The minimum atomic E-state index is 0.130. The van der Waals surface area contributed by atoms with Gasteiger partial charge in [-0.3, -0.25) is 4.79 Å². The number of nitrogens with zero attached hydrogens (tertiary/aromatic N) is 1. The lowest BCUT2D eigenvalue weighted by Gasteiger charge is -2.33. The Morgan fingerprint density at radius 3 is 2.29 bits per heavy atom. The SMILES string of the molecule is CNC1CCN(c2ccc(C(C)=O)cc2)CC1. The highest BCUT2D eigenvalue weighted by Gasteiger charge is 2.17. The number of ketones is 1. The Hall–Kier alpha value is -1.35. The third kappa shape index (κ3) is 2.86. The molecule has 0 aliphatic carbocycles. The van der Waals surface area contributed by atoms with E-state index in [4.69, 9.17) is 0 Å². The summed E-state index contributed by atoms with van der Waals surface area (Å²) in [4.78, 5) is 13.6. The summed E-state index contributed by atoms with van der Waals surface area (Å²) in [7, 11) is 2.03. The minimum Gasteiger partial charge on any atom is -0.371 e. The van der Waals surface area contributed by atoms with E-state index in [0.29, 0.717) is 6.04 Å². The molecule has 0 radical (unpaired) electrons. The van der Waals surface area contributed by atoms with Crippen LogP contribution in [0.3, 0.4) is 0 Å². The third-order valence-electron chi connectivity index (χ3n) is 3.54. The van der Waals surface area contributed by atoms with Gasteiger partial charge in [0.2, 0.25) is 0 Å². The van der Waals surface area contributed by atoms with Crippen molar-refractivity contribution in [2.24, 2.45) is 0 Å². The van der Waals surface area contributed by atoms with Crippen molar-refractivity contribution >= 4 is 11.5 Å². The van der Waals surface area contributed by atoms with Crippen molar-refractivity contribution in [2.45, 2.75) is 25.8 Å². The average Bonchev–Trinajstić information content (AvgIpc) is 2.39. The van der Waals surface area contributed by atoms with Gasteiger partial charge in [0.05, 0.1) is 0 Å². The number of carbonyl (C=O) groups is 1. The normalized spacial score (nSPS) is 17.2. The number of nitrogens with one attached hydrogen (secondary N) is 1. The van der Waals surface area contributed by atoms with Crippen LogP contribution in [0.2, 0.25) is 0 Å². The third-order valence-corrected chi connectivity index (χ3v) is 3.54. The van der Waals surface area contributed by atoms with E-state index < -0.39 is 0 Å². The van der Waals surface area contributed by atoms with E-state index in [1.54, 1.807) is 6.92 Å². The molecular formula is C14H20N2O. The molecule has 1 fully saturated rings. The number of Topliss-reactive ketones (excluding diaryl/α,β-unsaturated/α-hetero) is 1. The van der Waals surface area contributed by atoms with Gasteiger partial charge in [0, 0.05) is 30.4 Å². The first-order chi connectivity index (χ1) is 8.20. The summed E-state index contributed by atoms with van der Waals surface area (Å²) in [5, 5.41) is 3.33. The molecule has 0 atom stereocenters. The molecule has 92 valence electrons. The fourth-order valence-corrected chi connectivity index (χ4v) is 2.33. The lowest BCUT2D eigenvalue weighted by molar-refractivity contribution is 0.101. The summed E-state index contributed by atoms with van der Waals surface area (Å²) in [5.74, 6) is 0.130. The molecule has 1 heterocycles. The molecule has 0 spiro atoms. The predicted molar refractivity (Wildman–Crippen MR) is 70.7 cm³/mol. The largest absolute Gasteiger partial charge is 0.371 e. The summed E-state index contributed by atoms with van der Waals surface area (Å²) in [6.45, 7) is 3.78. The van der Waals surface area contributed by atoms with Crippen LogP contribution in [-0.2, 0) is 0 Å². The number of piperidine rings is 1. The van der Waals surface area contributed by atoms with Crippen LogP contribution in [0, 0.1) is 0 Å². The quantitative estimate of drug-likeness (QED) is 0.810. The monoisotopic (exact) mass is 232 g/mol. The topological polar surface area (TPSA) is 32.3 Å². The van der Waals surface area contributed by atoms with E-state index >= 15 is 0 Å². The van der Waals surface area contributed by atoms with Gasteiger partial charge < -0.3 is 10.2 Å². The smallest absolute Gasteiger partial charge is 0.159 e. The van der Waals surface area contributed by atoms with Crippen molar-refractivity contribution in [2.75, 3.05) is 25.0 Å². The summed E-state index contributed by atoms with van der Waals surface area (Å²) in [6.07, 6.45) is 2.37. The number of hydrogen-bond donors (Lipinski definition) is 1. The molecular weight excluding hydrogens is 212 g/mol. The first-order valence-corrected chi connectivity index (χ1v) is 6.24. The van der Waals surface area contributed by atoms with E-state index in [1.165, 1.54) is 18.5 Å². The predicted octanol–water partition coefficient (Wildman–Crippen LogP) is 2.08. The summed E-state index contributed by atoms with van der Waals surface area (Å²) < 4.78 is 0. The van der Waals surface area contributed by atoms with Crippen LogP contribution in [0.5, 0.6) is 0 Å². The highest BCUT2D eigenvalue weighted by atomic mass is 16.1. The Bertz CT molecular complexity index is 378. The van der Waals surface area contributed by atoms with Crippen LogP contribution in [0.4, 0.5) is 5.69 Å². The number of hydrogen-bond acceptors (Lipinski definition) is 3. The number of benzene rings is 1. The molecule has 0 bridgehead atoms. The highest BCUT2D eigenvalue weighted by Crippen LogP contribution is 2.20. The molecule has 0 aromatic heterocycles. The van der Waals surface area contributed by atoms with Crippen molar-refractivity contribution in [3.63, 3.8) is 0 Å². The van der Waals surface area contributed by atoms with E-state index in [1.807, 2.05) is 19.2 Å². The second-order valence-corrected chi connectivity index (χ2v) is 4.65. The Morgan fingerprint density at radius 2 is 1.82 bits per heavy atom. The zero-order valence-corrected chi connectivity index (χ0v) is 10.6. The molecule has 1 aromatic rings. The summed E-state index contributed by atoms with van der Waals surface area (Å²) >= 11 is 0. The Labute approximate surface area is 103 Å². The Morgan fingerprint density at radius 1 is 1.24 bits per heavy atom. The molecule has 1 saturated heterocycles. The Kier molecular flexibility index (Phi) is 3.79. The van der Waals surface area contributed by atoms with Gasteiger partial charge >= 0.3 is 0 Å². The van der Waals surface area contributed by atoms with Gasteiger partial charge in [-0.2, -0.15) is 0 Å². The maximum atomic E-state index is 11.2. The number of anilines is 1. The zero-order chi connectivity index (χ0) is 12.3. The van der Waals surface area contributed by atoms with Crippen molar-refractivity contribution in [1.29, 1.82) is 0 Å². The van der Waals surface area contributed by atoms with Gasteiger partial charge in [-0.15, -0.1) is 0 Å². The first-order valence-electron chi connectivity index (χ1n) is 6.24. The van der Waals surface area contributed by atoms with Crippen LogP contribution in [0.25, 0.3) is 0 Å². The fraction of sp³-hybridized carbons (Fsp3) is 0.500. The molecule has 1 aromatic carbocycles.